The second-order valence-corrected chi connectivity index (χ2v) is 4.35. The zero-order chi connectivity index (χ0) is 13.3. The van der Waals surface area contributed by atoms with Gasteiger partial charge in [0.05, 0.1) is 0 Å². The van der Waals surface area contributed by atoms with E-state index < -0.39 is 12.0 Å². The van der Waals surface area contributed by atoms with Gasteiger partial charge in [0.25, 0.3) is 0 Å². The van der Waals surface area contributed by atoms with Crippen molar-refractivity contribution in [2.24, 2.45) is 16.8 Å². The van der Waals surface area contributed by atoms with E-state index in [1.165, 1.54) is 0 Å². The van der Waals surface area contributed by atoms with E-state index >= 15 is 0 Å². The summed E-state index contributed by atoms with van der Waals surface area (Å²) in [6.45, 7) is 4.11. The molecular formula is C11H21N3O3. The SMILES string of the molecule is CC(C)C/C(CCCCC(=O)O)=N\NC(N)=O. The molecule has 0 rings (SSSR count). The standard InChI is InChI=1S/C11H21N3O3/c1-8(2)7-9(13-14-11(12)17)5-3-4-6-10(15)16/h8H,3-7H2,1-2H3,(H,15,16)(H3,12,14,17)/b13-9-. The highest BCUT2D eigenvalue weighted by atomic mass is 16.4. The van der Waals surface area contributed by atoms with Gasteiger partial charge >= 0.3 is 12.0 Å². The average Bonchev–Trinajstić information content (AvgIpc) is 2.19. The molecule has 0 aromatic carbocycles. The Balaban J connectivity index is 4.05. The van der Waals surface area contributed by atoms with Gasteiger partial charge in [0.1, 0.15) is 0 Å². The van der Waals surface area contributed by atoms with Gasteiger partial charge < -0.3 is 10.8 Å². The number of rotatable bonds is 8. The summed E-state index contributed by atoms with van der Waals surface area (Å²) in [6.07, 6.45) is 2.98. The van der Waals surface area contributed by atoms with E-state index in [9.17, 15) is 9.59 Å². The van der Waals surface area contributed by atoms with Gasteiger partial charge in [-0.05, 0) is 31.6 Å². The van der Waals surface area contributed by atoms with Crippen LogP contribution in [0.3, 0.4) is 0 Å². The second kappa shape index (κ2) is 8.55. The molecule has 0 aliphatic carbocycles. The molecule has 2 amide bonds. The number of primary amides is 1. The normalized spacial score (nSPS) is 11.6. The summed E-state index contributed by atoms with van der Waals surface area (Å²) in [6, 6.07) is -0.684. The van der Waals surface area contributed by atoms with Crippen molar-refractivity contribution in [1.29, 1.82) is 0 Å². The van der Waals surface area contributed by atoms with Crippen LogP contribution in [0.15, 0.2) is 5.10 Å². The lowest BCUT2D eigenvalue weighted by atomic mass is 10.0. The number of hydrogen-bond acceptors (Lipinski definition) is 3. The van der Waals surface area contributed by atoms with Crippen LogP contribution in [-0.2, 0) is 4.79 Å². The highest BCUT2D eigenvalue weighted by Crippen LogP contribution is 2.09. The van der Waals surface area contributed by atoms with Crippen LogP contribution >= 0.6 is 0 Å². The zero-order valence-electron chi connectivity index (χ0n) is 10.4. The Morgan fingerprint density at radius 1 is 1.29 bits per heavy atom. The molecule has 0 aromatic rings. The minimum Gasteiger partial charge on any atom is -0.481 e. The first-order valence-corrected chi connectivity index (χ1v) is 5.74. The maximum atomic E-state index is 10.5. The lowest BCUT2D eigenvalue weighted by molar-refractivity contribution is -0.137. The predicted octanol–water partition coefficient (Wildman–Crippen LogP) is 1.70. The number of nitrogens with zero attached hydrogens (tertiary/aromatic N) is 1. The van der Waals surface area contributed by atoms with Gasteiger partial charge in [-0.3, -0.25) is 4.79 Å². The number of amides is 2. The Kier molecular flexibility index (Phi) is 7.75. The first kappa shape index (κ1) is 15.4. The van der Waals surface area contributed by atoms with Crippen LogP contribution < -0.4 is 11.2 Å². The molecule has 0 bridgehead atoms. The number of hydrogen-bond donors (Lipinski definition) is 3. The van der Waals surface area contributed by atoms with Crippen LogP contribution in [-0.4, -0.2) is 22.8 Å². The van der Waals surface area contributed by atoms with Gasteiger partial charge in [0, 0.05) is 12.1 Å². The number of urea groups is 1. The Morgan fingerprint density at radius 2 is 1.88 bits per heavy atom. The predicted molar refractivity (Wildman–Crippen MR) is 65.7 cm³/mol. The third-order valence-corrected chi connectivity index (χ3v) is 2.07. The molecule has 0 saturated carbocycles. The van der Waals surface area contributed by atoms with Crippen molar-refractivity contribution in [2.75, 3.05) is 0 Å². The van der Waals surface area contributed by atoms with Crippen molar-refractivity contribution in [2.45, 2.75) is 46.0 Å². The fourth-order valence-electron chi connectivity index (χ4n) is 1.41. The number of hydrazone groups is 1. The van der Waals surface area contributed by atoms with Gasteiger partial charge in [-0.25, -0.2) is 10.2 Å². The van der Waals surface area contributed by atoms with E-state index in [1.807, 2.05) is 0 Å². The van der Waals surface area contributed by atoms with E-state index in [1.54, 1.807) is 0 Å². The number of carboxylic acid groups (broad SMARTS) is 1. The first-order chi connectivity index (χ1) is 7.91. The molecule has 0 saturated heterocycles. The van der Waals surface area contributed by atoms with Crippen molar-refractivity contribution in [1.82, 2.24) is 5.43 Å². The highest BCUT2D eigenvalue weighted by molar-refractivity contribution is 5.86. The number of carboxylic acids is 1. The molecule has 0 aliphatic rings. The summed E-state index contributed by atoms with van der Waals surface area (Å²) in [5.74, 6) is -0.356. The van der Waals surface area contributed by atoms with Crippen LogP contribution in [0.4, 0.5) is 4.79 Å². The molecule has 6 heteroatoms. The third kappa shape index (κ3) is 10.7. The maximum absolute atomic E-state index is 10.5. The minimum atomic E-state index is -0.789. The topological polar surface area (TPSA) is 105 Å². The van der Waals surface area contributed by atoms with E-state index in [-0.39, 0.29) is 6.42 Å². The fraction of sp³-hybridized carbons (Fsp3) is 0.727. The van der Waals surface area contributed by atoms with E-state index in [0.29, 0.717) is 18.8 Å². The molecule has 0 aliphatic heterocycles. The molecular weight excluding hydrogens is 222 g/mol. The second-order valence-electron chi connectivity index (χ2n) is 4.35. The molecule has 0 fully saturated rings. The van der Waals surface area contributed by atoms with Crippen molar-refractivity contribution >= 4 is 17.7 Å². The first-order valence-electron chi connectivity index (χ1n) is 5.74. The number of nitrogens with one attached hydrogen (secondary N) is 1. The Bertz CT molecular complexity index is 288. The fourth-order valence-corrected chi connectivity index (χ4v) is 1.41. The smallest absolute Gasteiger partial charge is 0.332 e. The van der Waals surface area contributed by atoms with Crippen molar-refractivity contribution in [3.05, 3.63) is 0 Å². The average molecular weight is 243 g/mol. The lowest BCUT2D eigenvalue weighted by Gasteiger charge is -2.08. The van der Waals surface area contributed by atoms with E-state index in [0.717, 1.165) is 18.6 Å². The van der Waals surface area contributed by atoms with Crippen LogP contribution in [0, 0.1) is 5.92 Å². The van der Waals surface area contributed by atoms with Crippen molar-refractivity contribution in [3.63, 3.8) is 0 Å². The van der Waals surface area contributed by atoms with Crippen LogP contribution in [0.1, 0.15) is 46.0 Å². The van der Waals surface area contributed by atoms with Crippen LogP contribution in [0.5, 0.6) is 0 Å². The number of unbranched alkanes of at least 4 members (excludes halogenated alkanes) is 1. The summed E-state index contributed by atoms with van der Waals surface area (Å²) in [5.41, 5.74) is 7.99. The molecule has 98 valence electrons. The monoisotopic (exact) mass is 243 g/mol. The van der Waals surface area contributed by atoms with Crippen LogP contribution in [0.2, 0.25) is 0 Å². The Labute approximate surface area is 101 Å². The highest BCUT2D eigenvalue weighted by Gasteiger charge is 2.05. The molecule has 0 aromatic heterocycles. The number of carbonyl (C=O) groups is 2. The van der Waals surface area contributed by atoms with E-state index in [2.05, 4.69) is 24.4 Å². The van der Waals surface area contributed by atoms with Crippen molar-refractivity contribution < 1.29 is 14.7 Å². The Hall–Kier alpha value is -1.59. The number of aliphatic carboxylic acids is 1. The molecule has 4 N–H and O–H groups in total. The molecule has 0 unspecified atom stereocenters. The molecule has 17 heavy (non-hydrogen) atoms. The van der Waals surface area contributed by atoms with Gasteiger partial charge in [0.2, 0.25) is 0 Å². The molecule has 0 atom stereocenters. The summed E-state index contributed by atoms with van der Waals surface area (Å²) < 4.78 is 0. The molecule has 6 nitrogen and oxygen atoms in total. The number of carbonyl (C=O) groups excluding carboxylic acids is 1. The van der Waals surface area contributed by atoms with Gasteiger partial charge in [0.15, 0.2) is 0 Å². The summed E-state index contributed by atoms with van der Waals surface area (Å²) >= 11 is 0. The van der Waals surface area contributed by atoms with Gasteiger partial charge in [-0.1, -0.05) is 13.8 Å². The summed E-state index contributed by atoms with van der Waals surface area (Å²) in [7, 11) is 0. The summed E-state index contributed by atoms with van der Waals surface area (Å²) in [4.78, 5) is 20.9. The summed E-state index contributed by atoms with van der Waals surface area (Å²) in [5, 5.41) is 12.4. The number of nitrogens with two attached hydrogens (primary N) is 1. The van der Waals surface area contributed by atoms with Crippen molar-refractivity contribution in [3.8, 4) is 0 Å². The van der Waals surface area contributed by atoms with Gasteiger partial charge in [-0.15, -0.1) is 0 Å². The van der Waals surface area contributed by atoms with Crippen LogP contribution in [0.25, 0.3) is 0 Å². The van der Waals surface area contributed by atoms with E-state index in [4.69, 9.17) is 10.8 Å². The molecule has 0 spiro atoms. The third-order valence-electron chi connectivity index (χ3n) is 2.07. The lowest BCUT2D eigenvalue weighted by Crippen LogP contribution is -2.26. The largest absolute Gasteiger partial charge is 0.481 e. The molecule has 0 heterocycles. The Morgan fingerprint density at radius 3 is 2.35 bits per heavy atom. The zero-order valence-corrected chi connectivity index (χ0v) is 10.4. The minimum absolute atomic E-state index is 0.165. The molecule has 0 radical (unpaired) electrons. The van der Waals surface area contributed by atoms with Gasteiger partial charge in [-0.2, -0.15) is 5.10 Å². The maximum Gasteiger partial charge on any atom is 0.332 e. The quantitative estimate of drug-likeness (QED) is 0.343.